The van der Waals surface area contributed by atoms with Crippen LogP contribution in [0.25, 0.3) is 0 Å². The molecule has 6 nitrogen and oxygen atoms in total. The minimum Gasteiger partial charge on any atom is -0.489 e. The van der Waals surface area contributed by atoms with Crippen LogP contribution in [0, 0.1) is 21.4 Å². The van der Waals surface area contributed by atoms with Crippen LogP contribution in [0.15, 0.2) is 18.2 Å². The van der Waals surface area contributed by atoms with Gasteiger partial charge < -0.3 is 10.1 Å². The predicted octanol–water partition coefficient (Wildman–Crippen LogP) is 2.38. The van der Waals surface area contributed by atoms with Crippen LogP contribution in [-0.2, 0) is 0 Å². The highest BCUT2D eigenvalue weighted by atomic mass is 16.6. The molecule has 2 unspecified atom stereocenters. The molecule has 2 atom stereocenters. The Hall–Kier alpha value is -2.13. The monoisotopic (exact) mass is 275 g/mol. The number of nitriles is 1. The summed E-state index contributed by atoms with van der Waals surface area (Å²) in [5, 5.41) is 23.0. The van der Waals surface area contributed by atoms with Crippen molar-refractivity contribution in [2.45, 2.75) is 37.8 Å². The molecule has 1 saturated carbocycles. The highest BCUT2D eigenvalue weighted by Gasteiger charge is 2.26. The number of hydrogen-bond acceptors (Lipinski definition) is 5. The van der Waals surface area contributed by atoms with Gasteiger partial charge in [-0.2, -0.15) is 5.26 Å². The minimum atomic E-state index is -0.556. The average molecular weight is 275 g/mol. The first-order valence-corrected chi connectivity index (χ1v) is 6.68. The molecule has 1 aliphatic rings. The zero-order valence-electron chi connectivity index (χ0n) is 11.3. The van der Waals surface area contributed by atoms with Gasteiger partial charge in [0.25, 0.3) is 5.69 Å². The lowest BCUT2D eigenvalue weighted by atomic mass is 9.92. The molecule has 0 aromatic heterocycles. The second-order valence-corrected chi connectivity index (χ2v) is 4.88. The second-order valence-electron chi connectivity index (χ2n) is 4.88. The molecule has 0 heterocycles. The van der Waals surface area contributed by atoms with E-state index >= 15 is 0 Å². The van der Waals surface area contributed by atoms with Crippen molar-refractivity contribution < 1.29 is 9.66 Å². The van der Waals surface area contributed by atoms with E-state index in [9.17, 15) is 10.1 Å². The van der Waals surface area contributed by atoms with E-state index in [1.165, 1.54) is 18.6 Å². The lowest BCUT2D eigenvalue weighted by Crippen LogP contribution is -2.43. The van der Waals surface area contributed by atoms with Crippen LogP contribution in [0.2, 0.25) is 0 Å². The molecule has 0 amide bonds. The number of hydrogen-bond donors (Lipinski definition) is 1. The first kappa shape index (κ1) is 14.3. The Labute approximate surface area is 117 Å². The number of rotatable bonds is 4. The van der Waals surface area contributed by atoms with Gasteiger partial charge in [-0.3, -0.25) is 10.1 Å². The third kappa shape index (κ3) is 3.06. The summed E-state index contributed by atoms with van der Waals surface area (Å²) >= 11 is 0. The molecule has 0 aliphatic heterocycles. The molecule has 0 radical (unpaired) electrons. The lowest BCUT2D eigenvalue weighted by Gasteiger charge is -2.31. The van der Waals surface area contributed by atoms with Gasteiger partial charge >= 0.3 is 0 Å². The Bertz CT molecular complexity index is 539. The maximum Gasteiger partial charge on any atom is 0.287 e. The molecule has 1 aromatic carbocycles. The van der Waals surface area contributed by atoms with Crippen molar-refractivity contribution >= 4 is 5.69 Å². The Morgan fingerprint density at radius 2 is 2.20 bits per heavy atom. The molecular formula is C14H17N3O3. The van der Waals surface area contributed by atoms with Crippen LogP contribution in [0.4, 0.5) is 5.69 Å². The van der Waals surface area contributed by atoms with E-state index in [0.29, 0.717) is 5.75 Å². The fraction of sp³-hybridized carbons (Fsp3) is 0.500. The van der Waals surface area contributed by atoms with Gasteiger partial charge in [-0.1, -0.05) is 6.42 Å². The number of ether oxygens (including phenoxy) is 1. The quantitative estimate of drug-likeness (QED) is 0.673. The lowest BCUT2D eigenvalue weighted by molar-refractivity contribution is -0.385. The van der Waals surface area contributed by atoms with Crippen molar-refractivity contribution in [1.29, 1.82) is 5.26 Å². The number of nitrogens with one attached hydrogen (secondary N) is 1. The summed E-state index contributed by atoms with van der Waals surface area (Å²) in [7, 11) is 1.91. The van der Waals surface area contributed by atoms with Gasteiger partial charge in [0, 0.05) is 18.2 Å². The summed E-state index contributed by atoms with van der Waals surface area (Å²) < 4.78 is 5.90. The average Bonchev–Trinajstić information content (AvgIpc) is 2.47. The molecule has 0 saturated heterocycles. The van der Waals surface area contributed by atoms with E-state index in [1.807, 2.05) is 13.1 Å². The van der Waals surface area contributed by atoms with Crippen molar-refractivity contribution in [2.75, 3.05) is 7.05 Å². The SMILES string of the molecule is CNC1CCCCC1Oc1ccc([N+](=O)[O-])c(C#N)c1. The minimum absolute atomic E-state index is 0.0318. The van der Waals surface area contributed by atoms with E-state index < -0.39 is 4.92 Å². The molecule has 6 heteroatoms. The van der Waals surface area contributed by atoms with Crippen molar-refractivity contribution in [1.82, 2.24) is 5.32 Å². The molecule has 20 heavy (non-hydrogen) atoms. The van der Waals surface area contributed by atoms with Crippen molar-refractivity contribution in [2.24, 2.45) is 0 Å². The van der Waals surface area contributed by atoms with Gasteiger partial charge in [-0.05, 0) is 32.4 Å². The summed E-state index contributed by atoms with van der Waals surface area (Å²) in [6.45, 7) is 0. The molecule has 1 N–H and O–H groups in total. The largest absolute Gasteiger partial charge is 0.489 e. The topological polar surface area (TPSA) is 88.2 Å². The van der Waals surface area contributed by atoms with Gasteiger partial charge in [0.15, 0.2) is 0 Å². The summed E-state index contributed by atoms with van der Waals surface area (Å²) in [6, 6.07) is 6.45. The number of nitro groups is 1. The van der Waals surface area contributed by atoms with Crippen LogP contribution in [0.1, 0.15) is 31.2 Å². The maximum atomic E-state index is 10.8. The van der Waals surface area contributed by atoms with Crippen molar-refractivity contribution in [3.63, 3.8) is 0 Å². The van der Waals surface area contributed by atoms with E-state index in [2.05, 4.69) is 5.32 Å². The Kier molecular flexibility index (Phi) is 4.53. The highest BCUT2D eigenvalue weighted by molar-refractivity contribution is 5.52. The number of benzene rings is 1. The molecule has 1 fully saturated rings. The highest BCUT2D eigenvalue weighted by Crippen LogP contribution is 2.27. The van der Waals surface area contributed by atoms with Crippen LogP contribution < -0.4 is 10.1 Å². The fourth-order valence-corrected chi connectivity index (χ4v) is 2.58. The molecule has 0 spiro atoms. The van der Waals surface area contributed by atoms with Gasteiger partial charge in [-0.15, -0.1) is 0 Å². The molecule has 1 aliphatic carbocycles. The molecule has 1 aromatic rings. The summed E-state index contributed by atoms with van der Waals surface area (Å²) in [5.74, 6) is 0.513. The number of likely N-dealkylation sites (N-methyl/N-ethyl adjacent to an activating group) is 1. The second kappa shape index (κ2) is 6.35. The van der Waals surface area contributed by atoms with E-state index in [-0.39, 0.29) is 23.4 Å². The summed E-state index contributed by atoms with van der Waals surface area (Å²) in [5.41, 5.74) is -0.155. The normalized spacial score (nSPS) is 22.0. The standard InChI is InChI=1S/C14H17N3O3/c1-16-12-4-2-3-5-14(12)20-11-6-7-13(17(18)19)10(8-11)9-15/h6-8,12,14,16H,2-5H2,1H3. The summed E-state index contributed by atoms with van der Waals surface area (Å²) in [4.78, 5) is 10.2. The third-order valence-corrected chi connectivity index (χ3v) is 3.65. The van der Waals surface area contributed by atoms with Crippen LogP contribution >= 0.6 is 0 Å². The Balaban J connectivity index is 2.17. The first-order valence-electron chi connectivity index (χ1n) is 6.68. The van der Waals surface area contributed by atoms with E-state index in [0.717, 1.165) is 19.3 Å². The zero-order chi connectivity index (χ0) is 14.5. The molecule has 106 valence electrons. The number of nitro benzene ring substituents is 1. The van der Waals surface area contributed by atoms with Crippen LogP contribution in [-0.4, -0.2) is 24.1 Å². The van der Waals surface area contributed by atoms with E-state index in [1.54, 1.807) is 6.07 Å². The predicted molar refractivity (Wildman–Crippen MR) is 73.5 cm³/mol. The Morgan fingerprint density at radius 3 is 2.85 bits per heavy atom. The van der Waals surface area contributed by atoms with Gasteiger partial charge in [0.2, 0.25) is 0 Å². The van der Waals surface area contributed by atoms with Gasteiger partial charge in [-0.25, -0.2) is 0 Å². The maximum absolute atomic E-state index is 10.8. The Morgan fingerprint density at radius 1 is 1.45 bits per heavy atom. The van der Waals surface area contributed by atoms with Crippen LogP contribution in [0.3, 0.4) is 0 Å². The molecule has 0 bridgehead atoms. The first-order chi connectivity index (χ1) is 9.65. The van der Waals surface area contributed by atoms with Crippen molar-refractivity contribution in [3.05, 3.63) is 33.9 Å². The van der Waals surface area contributed by atoms with Crippen molar-refractivity contribution in [3.8, 4) is 11.8 Å². The smallest absolute Gasteiger partial charge is 0.287 e. The summed E-state index contributed by atoms with van der Waals surface area (Å²) in [6.07, 6.45) is 4.33. The zero-order valence-corrected chi connectivity index (χ0v) is 11.3. The third-order valence-electron chi connectivity index (χ3n) is 3.65. The molecule has 2 rings (SSSR count). The van der Waals surface area contributed by atoms with E-state index in [4.69, 9.17) is 10.00 Å². The van der Waals surface area contributed by atoms with Crippen LogP contribution in [0.5, 0.6) is 5.75 Å². The number of nitrogens with zero attached hydrogens (tertiary/aromatic N) is 2. The van der Waals surface area contributed by atoms with Gasteiger partial charge in [0.1, 0.15) is 23.5 Å². The fourth-order valence-electron chi connectivity index (χ4n) is 2.58. The van der Waals surface area contributed by atoms with Gasteiger partial charge in [0.05, 0.1) is 4.92 Å². The molecular weight excluding hydrogens is 258 g/mol.